The van der Waals surface area contributed by atoms with Crippen LogP contribution in [0.5, 0.6) is 0 Å². The summed E-state index contributed by atoms with van der Waals surface area (Å²) < 4.78 is 19.8. The van der Waals surface area contributed by atoms with Gasteiger partial charge in [-0.15, -0.1) is 0 Å². The van der Waals surface area contributed by atoms with Crippen LogP contribution in [0.4, 0.5) is 4.39 Å². The Balaban J connectivity index is 1.60. The van der Waals surface area contributed by atoms with Crippen molar-refractivity contribution in [2.45, 2.75) is 6.04 Å². The summed E-state index contributed by atoms with van der Waals surface area (Å²) in [6.07, 6.45) is 0. The van der Waals surface area contributed by atoms with E-state index >= 15 is 0 Å². The van der Waals surface area contributed by atoms with Gasteiger partial charge in [-0.2, -0.15) is 0 Å². The summed E-state index contributed by atoms with van der Waals surface area (Å²) in [5.41, 5.74) is 0.486. The first-order chi connectivity index (χ1) is 11.7. The van der Waals surface area contributed by atoms with Gasteiger partial charge in [-0.3, -0.25) is 9.69 Å². The number of carbonyl (C=O) groups excluding carboxylic acids is 1. The third-order valence-corrected chi connectivity index (χ3v) is 5.55. The first-order valence-electron chi connectivity index (χ1n) is 8.80. The van der Waals surface area contributed by atoms with Crippen molar-refractivity contribution in [3.8, 4) is 0 Å². The van der Waals surface area contributed by atoms with E-state index in [0.29, 0.717) is 43.7 Å². The van der Waals surface area contributed by atoms with E-state index < -0.39 is 6.04 Å². The molecule has 0 saturated carbocycles. The highest BCUT2D eigenvalue weighted by Crippen LogP contribution is 2.32. The maximum Gasteiger partial charge on any atom is 0.244 e. The van der Waals surface area contributed by atoms with Gasteiger partial charge in [0, 0.05) is 44.8 Å². The lowest BCUT2D eigenvalue weighted by Gasteiger charge is -2.36. The van der Waals surface area contributed by atoms with Crippen molar-refractivity contribution in [1.29, 1.82) is 0 Å². The fourth-order valence-corrected chi connectivity index (χ4v) is 4.23. The Morgan fingerprint density at radius 3 is 2.50 bits per heavy atom. The summed E-state index contributed by atoms with van der Waals surface area (Å²) in [7, 11) is 0. The molecule has 3 fully saturated rings. The maximum atomic E-state index is 14.4. The number of carbonyl (C=O) groups is 1. The quantitative estimate of drug-likeness (QED) is 0.892. The Morgan fingerprint density at radius 2 is 1.83 bits per heavy atom. The van der Waals surface area contributed by atoms with Crippen LogP contribution in [0.1, 0.15) is 11.6 Å². The number of benzene rings is 1. The van der Waals surface area contributed by atoms with Gasteiger partial charge in [-0.1, -0.05) is 18.2 Å². The van der Waals surface area contributed by atoms with Gasteiger partial charge in [0.25, 0.3) is 0 Å². The number of nitrogens with one attached hydrogen (secondary N) is 1. The number of fused-ring (bicyclic) bond motifs is 1. The van der Waals surface area contributed by atoms with Gasteiger partial charge in [-0.25, -0.2) is 4.39 Å². The first kappa shape index (κ1) is 16.0. The lowest BCUT2D eigenvalue weighted by molar-refractivity contribution is -0.138. The lowest BCUT2D eigenvalue weighted by atomic mass is 10.0. The van der Waals surface area contributed by atoms with Crippen LogP contribution in [0, 0.1) is 17.7 Å². The van der Waals surface area contributed by atoms with Crippen LogP contribution in [0.3, 0.4) is 0 Å². The Hall–Kier alpha value is -1.50. The third kappa shape index (κ3) is 2.94. The smallest absolute Gasteiger partial charge is 0.244 e. The molecule has 1 aromatic carbocycles. The minimum absolute atomic E-state index is 0.0383. The highest BCUT2D eigenvalue weighted by Gasteiger charge is 2.42. The summed E-state index contributed by atoms with van der Waals surface area (Å²) >= 11 is 0. The van der Waals surface area contributed by atoms with Gasteiger partial charge < -0.3 is 15.0 Å². The van der Waals surface area contributed by atoms with Crippen molar-refractivity contribution in [3.05, 3.63) is 35.6 Å². The summed E-state index contributed by atoms with van der Waals surface area (Å²) in [4.78, 5) is 17.3. The lowest BCUT2D eigenvalue weighted by Crippen LogP contribution is -2.47. The van der Waals surface area contributed by atoms with E-state index in [-0.39, 0.29) is 11.7 Å². The van der Waals surface area contributed by atoms with Gasteiger partial charge in [-0.05, 0) is 17.9 Å². The standard InChI is InChI=1S/C18H24FN3O2/c19-16-4-2-1-3-15(16)17(21-5-7-24-8-6-21)18(23)22-11-13-9-20-10-14(13)12-22/h1-4,13-14,17,20H,5-12H2/t13-,14+,17?. The van der Waals surface area contributed by atoms with Crippen LogP contribution < -0.4 is 5.32 Å². The zero-order valence-electron chi connectivity index (χ0n) is 13.8. The number of ether oxygens (including phenoxy) is 1. The van der Waals surface area contributed by atoms with E-state index in [1.807, 2.05) is 11.0 Å². The minimum Gasteiger partial charge on any atom is -0.379 e. The van der Waals surface area contributed by atoms with Crippen LogP contribution in [0.2, 0.25) is 0 Å². The van der Waals surface area contributed by atoms with Crippen LogP contribution in [0.25, 0.3) is 0 Å². The molecule has 5 nitrogen and oxygen atoms in total. The number of rotatable bonds is 3. The Bertz CT molecular complexity index is 594. The van der Waals surface area contributed by atoms with Crippen LogP contribution in [-0.4, -0.2) is 68.2 Å². The molecule has 130 valence electrons. The van der Waals surface area contributed by atoms with Gasteiger partial charge >= 0.3 is 0 Å². The highest BCUT2D eigenvalue weighted by atomic mass is 19.1. The van der Waals surface area contributed by atoms with E-state index in [0.717, 1.165) is 26.2 Å². The number of halogens is 1. The first-order valence-corrected chi connectivity index (χ1v) is 8.80. The molecule has 0 aliphatic carbocycles. The highest BCUT2D eigenvalue weighted by molar-refractivity contribution is 5.83. The molecule has 1 unspecified atom stereocenters. The Morgan fingerprint density at radius 1 is 1.17 bits per heavy atom. The topological polar surface area (TPSA) is 44.8 Å². The molecular formula is C18H24FN3O2. The normalized spacial score (nSPS) is 28.8. The van der Waals surface area contributed by atoms with E-state index in [9.17, 15) is 9.18 Å². The molecule has 1 amide bonds. The molecule has 3 heterocycles. The van der Waals surface area contributed by atoms with E-state index in [2.05, 4.69) is 10.2 Å². The zero-order chi connectivity index (χ0) is 16.5. The van der Waals surface area contributed by atoms with Crippen LogP contribution >= 0.6 is 0 Å². The number of amides is 1. The van der Waals surface area contributed by atoms with Gasteiger partial charge in [0.2, 0.25) is 5.91 Å². The van der Waals surface area contributed by atoms with Gasteiger partial charge in [0.15, 0.2) is 0 Å². The molecule has 0 aromatic heterocycles. The molecule has 0 spiro atoms. The molecule has 0 radical (unpaired) electrons. The van der Waals surface area contributed by atoms with Crippen molar-refractivity contribution in [2.24, 2.45) is 11.8 Å². The molecule has 1 aromatic rings. The van der Waals surface area contributed by atoms with Crippen LogP contribution in [-0.2, 0) is 9.53 Å². The van der Waals surface area contributed by atoms with Gasteiger partial charge in [0.05, 0.1) is 13.2 Å². The van der Waals surface area contributed by atoms with E-state index in [4.69, 9.17) is 4.74 Å². The molecule has 3 atom stereocenters. The number of morpholine rings is 1. The predicted molar refractivity (Wildman–Crippen MR) is 88.0 cm³/mol. The molecule has 0 bridgehead atoms. The maximum absolute atomic E-state index is 14.4. The van der Waals surface area contributed by atoms with Crippen molar-refractivity contribution in [3.63, 3.8) is 0 Å². The second-order valence-corrected chi connectivity index (χ2v) is 6.99. The third-order valence-electron chi connectivity index (χ3n) is 5.55. The molecule has 4 rings (SSSR count). The molecule has 24 heavy (non-hydrogen) atoms. The number of hydrogen-bond acceptors (Lipinski definition) is 4. The van der Waals surface area contributed by atoms with Gasteiger partial charge in [0.1, 0.15) is 11.9 Å². The largest absolute Gasteiger partial charge is 0.379 e. The number of likely N-dealkylation sites (tertiary alicyclic amines) is 1. The zero-order valence-corrected chi connectivity index (χ0v) is 13.8. The monoisotopic (exact) mass is 333 g/mol. The second kappa shape index (κ2) is 6.78. The average molecular weight is 333 g/mol. The summed E-state index contributed by atoms with van der Waals surface area (Å²) in [6, 6.07) is 6.12. The van der Waals surface area contributed by atoms with Crippen molar-refractivity contribution in [2.75, 3.05) is 52.5 Å². The molecular weight excluding hydrogens is 309 g/mol. The van der Waals surface area contributed by atoms with E-state index in [1.165, 1.54) is 6.07 Å². The summed E-state index contributed by atoms with van der Waals surface area (Å²) in [5, 5.41) is 3.39. The molecule has 6 heteroatoms. The number of hydrogen-bond donors (Lipinski definition) is 1. The fourth-order valence-electron chi connectivity index (χ4n) is 4.23. The molecule has 1 N–H and O–H groups in total. The average Bonchev–Trinajstić information content (AvgIpc) is 3.19. The molecule has 3 saturated heterocycles. The fraction of sp³-hybridized carbons (Fsp3) is 0.611. The number of nitrogens with zero attached hydrogens (tertiary/aromatic N) is 2. The molecule has 3 aliphatic heterocycles. The SMILES string of the molecule is O=C(C(c1ccccc1F)N1CCOCC1)N1C[C@H]2CNC[C@H]2C1. The van der Waals surface area contributed by atoms with Crippen molar-refractivity contribution < 1.29 is 13.9 Å². The van der Waals surface area contributed by atoms with Crippen molar-refractivity contribution >= 4 is 5.91 Å². The Labute approximate surface area is 141 Å². The summed E-state index contributed by atoms with van der Waals surface area (Å²) in [5.74, 6) is 0.819. The molecule has 3 aliphatic rings. The van der Waals surface area contributed by atoms with Crippen molar-refractivity contribution in [1.82, 2.24) is 15.1 Å². The second-order valence-electron chi connectivity index (χ2n) is 6.99. The predicted octanol–water partition coefficient (Wildman–Crippen LogP) is 0.877. The summed E-state index contributed by atoms with van der Waals surface area (Å²) in [6.45, 7) is 6.03. The minimum atomic E-state index is -0.540. The van der Waals surface area contributed by atoms with E-state index in [1.54, 1.807) is 12.1 Å². The van der Waals surface area contributed by atoms with Crippen LogP contribution in [0.15, 0.2) is 24.3 Å². The Kier molecular flexibility index (Phi) is 4.52.